The van der Waals surface area contributed by atoms with Gasteiger partial charge >= 0.3 is 0 Å². The smallest absolute Gasteiger partial charge is 0.133 e. The molecule has 1 unspecified atom stereocenters. The van der Waals surface area contributed by atoms with Crippen molar-refractivity contribution in [3.63, 3.8) is 0 Å². The van der Waals surface area contributed by atoms with E-state index in [4.69, 9.17) is 5.26 Å². The average Bonchev–Trinajstić information content (AvgIpc) is 2.52. The first-order chi connectivity index (χ1) is 6.68. The summed E-state index contributed by atoms with van der Waals surface area (Å²) in [6.07, 6.45) is 3.26. The molecule has 0 bridgehead atoms. The van der Waals surface area contributed by atoms with Gasteiger partial charge in [0.15, 0.2) is 0 Å². The van der Waals surface area contributed by atoms with E-state index in [9.17, 15) is 5.11 Å². The van der Waals surface area contributed by atoms with Crippen LogP contribution in [0.1, 0.15) is 26.7 Å². The highest BCUT2D eigenvalue weighted by atomic mass is 16.3. The monoisotopic (exact) mass is 195 g/mol. The van der Waals surface area contributed by atoms with E-state index in [0.717, 1.165) is 12.1 Å². The van der Waals surface area contributed by atoms with Gasteiger partial charge in [-0.05, 0) is 13.3 Å². The molecule has 1 atom stereocenters. The maximum Gasteiger partial charge on any atom is 0.133 e. The predicted octanol–water partition coefficient (Wildman–Crippen LogP) is 0.765. The van der Waals surface area contributed by atoms with Crippen LogP contribution in [0.15, 0.2) is 11.9 Å². The summed E-state index contributed by atoms with van der Waals surface area (Å²) in [5, 5.41) is 21.2. The number of nitriles is 1. The normalized spacial score (nSPS) is 25.6. The van der Waals surface area contributed by atoms with Crippen molar-refractivity contribution < 1.29 is 5.11 Å². The van der Waals surface area contributed by atoms with Crippen LogP contribution in [0.4, 0.5) is 0 Å². The molecule has 78 valence electrons. The fourth-order valence-electron chi connectivity index (χ4n) is 1.81. The van der Waals surface area contributed by atoms with Gasteiger partial charge in [-0.15, -0.1) is 0 Å². The van der Waals surface area contributed by atoms with Gasteiger partial charge in [0.2, 0.25) is 0 Å². The highest BCUT2D eigenvalue weighted by molar-refractivity contribution is 5.12. The molecule has 4 heteroatoms. The van der Waals surface area contributed by atoms with Crippen molar-refractivity contribution in [3.8, 4) is 6.07 Å². The number of hydrogen-bond acceptors (Lipinski definition) is 4. The minimum absolute atomic E-state index is 0.0583. The molecule has 0 saturated carbocycles. The maximum absolute atomic E-state index is 9.38. The molecule has 0 spiro atoms. The second-order valence-electron chi connectivity index (χ2n) is 3.58. The summed E-state index contributed by atoms with van der Waals surface area (Å²) in [5.74, 6) is 0. The second kappa shape index (κ2) is 4.34. The van der Waals surface area contributed by atoms with Gasteiger partial charge in [0.1, 0.15) is 5.66 Å². The Kier molecular flexibility index (Phi) is 3.37. The fraction of sp³-hybridized carbons (Fsp3) is 0.700. The van der Waals surface area contributed by atoms with Crippen LogP contribution in [-0.4, -0.2) is 28.8 Å². The van der Waals surface area contributed by atoms with E-state index in [1.165, 1.54) is 0 Å². The summed E-state index contributed by atoms with van der Waals surface area (Å²) >= 11 is 0. The summed E-state index contributed by atoms with van der Waals surface area (Å²) < 4.78 is 0. The number of rotatable bonds is 4. The van der Waals surface area contributed by atoms with Crippen LogP contribution < -0.4 is 5.32 Å². The Labute approximate surface area is 84.8 Å². The molecule has 0 aromatic carbocycles. The highest BCUT2D eigenvalue weighted by Crippen LogP contribution is 2.24. The molecule has 4 nitrogen and oxygen atoms in total. The quantitative estimate of drug-likeness (QED) is 0.695. The molecule has 1 aliphatic heterocycles. The number of aliphatic hydroxyl groups excluding tert-OH is 1. The van der Waals surface area contributed by atoms with E-state index in [1.54, 1.807) is 0 Å². The molecule has 1 aliphatic rings. The Hall–Kier alpha value is -1.21. The van der Waals surface area contributed by atoms with E-state index in [0.29, 0.717) is 13.0 Å². The summed E-state index contributed by atoms with van der Waals surface area (Å²) in [4.78, 5) is 2.02. The van der Waals surface area contributed by atoms with Crippen LogP contribution in [0.2, 0.25) is 0 Å². The summed E-state index contributed by atoms with van der Waals surface area (Å²) in [6, 6.07) is 2.12. The van der Waals surface area contributed by atoms with Crippen molar-refractivity contribution in [2.24, 2.45) is 0 Å². The summed E-state index contributed by atoms with van der Waals surface area (Å²) in [7, 11) is 0. The Morgan fingerprint density at radius 1 is 1.71 bits per heavy atom. The number of nitrogens with one attached hydrogen (secondary N) is 1. The molecule has 0 radical (unpaired) electrons. The van der Waals surface area contributed by atoms with Gasteiger partial charge in [0.05, 0.1) is 19.1 Å². The molecule has 0 amide bonds. The van der Waals surface area contributed by atoms with Crippen LogP contribution >= 0.6 is 0 Å². The minimum atomic E-state index is -0.388. The highest BCUT2D eigenvalue weighted by Gasteiger charge is 2.36. The van der Waals surface area contributed by atoms with Gasteiger partial charge in [-0.25, -0.2) is 0 Å². The lowest BCUT2D eigenvalue weighted by molar-refractivity contribution is 0.0588. The van der Waals surface area contributed by atoms with Crippen molar-refractivity contribution in [3.05, 3.63) is 11.9 Å². The molecule has 14 heavy (non-hydrogen) atoms. The Balaban J connectivity index is 2.73. The van der Waals surface area contributed by atoms with Gasteiger partial charge < -0.3 is 15.3 Å². The third-order valence-corrected chi connectivity index (χ3v) is 2.64. The first-order valence-electron chi connectivity index (χ1n) is 4.89. The zero-order valence-corrected chi connectivity index (χ0v) is 8.75. The van der Waals surface area contributed by atoms with Crippen LogP contribution in [0.5, 0.6) is 0 Å². The standard InChI is InChI=1S/C10H17N3O/c1-3-10(8-14)12-9(2)7-13(10)6-4-5-11/h7,12,14H,3-4,6,8H2,1-2H3. The molecule has 1 rings (SSSR count). The van der Waals surface area contributed by atoms with Crippen LogP contribution in [0, 0.1) is 11.3 Å². The SMILES string of the molecule is CCC1(CO)NC(C)=CN1CCC#N. The third kappa shape index (κ3) is 1.83. The van der Waals surface area contributed by atoms with Crippen molar-refractivity contribution >= 4 is 0 Å². The first kappa shape index (κ1) is 10.9. The van der Waals surface area contributed by atoms with Crippen molar-refractivity contribution in [2.75, 3.05) is 13.2 Å². The largest absolute Gasteiger partial charge is 0.392 e. The minimum Gasteiger partial charge on any atom is -0.392 e. The van der Waals surface area contributed by atoms with Crippen molar-refractivity contribution in [2.45, 2.75) is 32.4 Å². The predicted molar refractivity (Wildman–Crippen MR) is 53.9 cm³/mol. The van der Waals surface area contributed by atoms with E-state index in [1.807, 2.05) is 24.9 Å². The van der Waals surface area contributed by atoms with E-state index >= 15 is 0 Å². The number of hydrogen-bond donors (Lipinski definition) is 2. The third-order valence-electron chi connectivity index (χ3n) is 2.64. The molecule has 0 saturated heterocycles. The second-order valence-corrected chi connectivity index (χ2v) is 3.58. The molecule has 0 aliphatic carbocycles. The summed E-state index contributed by atoms with van der Waals surface area (Å²) in [5.41, 5.74) is 0.653. The zero-order valence-electron chi connectivity index (χ0n) is 8.75. The van der Waals surface area contributed by atoms with Gasteiger partial charge in [-0.1, -0.05) is 6.92 Å². The van der Waals surface area contributed by atoms with Crippen LogP contribution in [0.3, 0.4) is 0 Å². The Bertz CT molecular complexity index is 263. The lowest BCUT2D eigenvalue weighted by Gasteiger charge is -2.37. The molecule has 1 heterocycles. The molecule has 0 aromatic rings. The van der Waals surface area contributed by atoms with Crippen LogP contribution in [-0.2, 0) is 0 Å². The van der Waals surface area contributed by atoms with E-state index in [-0.39, 0.29) is 12.3 Å². The molecular weight excluding hydrogens is 178 g/mol. The fourth-order valence-corrected chi connectivity index (χ4v) is 1.81. The van der Waals surface area contributed by atoms with E-state index in [2.05, 4.69) is 11.4 Å². The number of nitrogens with zero attached hydrogens (tertiary/aromatic N) is 2. The van der Waals surface area contributed by atoms with Gasteiger partial charge in [0.25, 0.3) is 0 Å². The van der Waals surface area contributed by atoms with Crippen molar-refractivity contribution in [1.29, 1.82) is 5.26 Å². The number of allylic oxidation sites excluding steroid dienone is 1. The molecule has 2 N–H and O–H groups in total. The summed E-state index contributed by atoms with van der Waals surface area (Å²) in [6.45, 7) is 4.71. The number of aliphatic hydroxyl groups is 1. The van der Waals surface area contributed by atoms with Crippen LogP contribution in [0.25, 0.3) is 0 Å². The first-order valence-corrected chi connectivity index (χ1v) is 4.89. The van der Waals surface area contributed by atoms with Gasteiger partial charge in [-0.3, -0.25) is 0 Å². The maximum atomic E-state index is 9.38. The molecule has 0 aromatic heterocycles. The Morgan fingerprint density at radius 3 is 2.93 bits per heavy atom. The lowest BCUT2D eigenvalue weighted by Crippen LogP contribution is -2.54. The molecule has 0 fully saturated rings. The lowest BCUT2D eigenvalue weighted by atomic mass is 10.1. The topological polar surface area (TPSA) is 59.3 Å². The molecular formula is C10H17N3O. The van der Waals surface area contributed by atoms with Crippen molar-refractivity contribution in [1.82, 2.24) is 10.2 Å². The van der Waals surface area contributed by atoms with Gasteiger partial charge in [-0.2, -0.15) is 5.26 Å². The van der Waals surface area contributed by atoms with E-state index < -0.39 is 0 Å². The Morgan fingerprint density at radius 2 is 2.43 bits per heavy atom. The zero-order chi connectivity index (χ0) is 10.6. The van der Waals surface area contributed by atoms with Gasteiger partial charge in [0, 0.05) is 18.4 Å². The average molecular weight is 195 g/mol.